The van der Waals surface area contributed by atoms with Gasteiger partial charge >= 0.3 is 12.1 Å². The first-order valence-corrected chi connectivity index (χ1v) is 6.68. The minimum Gasteiger partial charge on any atom is -0.480 e. The number of nitrogens with zero attached hydrogens (tertiary/aromatic N) is 1. The highest BCUT2D eigenvalue weighted by Crippen LogP contribution is 2.27. The maximum Gasteiger partial charge on any atom is 0.435 e. The lowest BCUT2D eigenvalue weighted by atomic mass is 10.1. The Labute approximate surface area is 132 Å². The summed E-state index contributed by atoms with van der Waals surface area (Å²) in [5.74, 6) is -3.02. The van der Waals surface area contributed by atoms with Gasteiger partial charge in [0.15, 0.2) is 5.69 Å². The molecule has 130 valence electrons. The van der Waals surface area contributed by atoms with Gasteiger partial charge in [-0.3, -0.25) is 15.2 Å². The second kappa shape index (κ2) is 6.95. The molecule has 3 N–H and O–H groups in total. The van der Waals surface area contributed by atoms with Gasteiger partial charge in [0, 0.05) is 24.7 Å². The van der Waals surface area contributed by atoms with Gasteiger partial charge in [-0.1, -0.05) is 6.07 Å². The molecule has 0 bridgehead atoms. The van der Waals surface area contributed by atoms with Crippen LogP contribution in [0.15, 0.2) is 24.3 Å². The van der Waals surface area contributed by atoms with E-state index < -0.39 is 35.5 Å². The normalized spacial score (nSPS) is 13.0. The summed E-state index contributed by atoms with van der Waals surface area (Å²) in [6.07, 6.45) is -4.92. The Hall–Kier alpha value is -2.49. The van der Waals surface area contributed by atoms with Gasteiger partial charge in [-0.25, -0.2) is 8.78 Å². The van der Waals surface area contributed by atoms with Crippen molar-refractivity contribution in [3.8, 4) is 0 Å². The molecule has 1 atom stereocenters. The number of nitrogens with one attached hydrogen (secondary N) is 2. The maximum atomic E-state index is 13.6. The summed E-state index contributed by atoms with van der Waals surface area (Å²) in [6, 6.07) is 2.19. The van der Waals surface area contributed by atoms with Gasteiger partial charge in [-0.05, 0) is 17.7 Å². The molecule has 24 heavy (non-hydrogen) atoms. The van der Waals surface area contributed by atoms with Crippen molar-refractivity contribution in [2.24, 2.45) is 0 Å². The van der Waals surface area contributed by atoms with Gasteiger partial charge in [-0.2, -0.15) is 18.3 Å². The minimum absolute atomic E-state index is 0.0214. The number of benzene rings is 1. The van der Waals surface area contributed by atoms with Gasteiger partial charge in [0.2, 0.25) is 0 Å². The minimum atomic E-state index is -4.61. The van der Waals surface area contributed by atoms with Crippen LogP contribution in [0.25, 0.3) is 0 Å². The number of carbonyl (C=O) groups is 1. The highest BCUT2D eigenvalue weighted by molar-refractivity contribution is 5.73. The lowest BCUT2D eigenvalue weighted by molar-refractivity contribution is -0.141. The molecule has 2 rings (SSSR count). The Bertz CT molecular complexity index is 729. The number of aromatic amines is 1. The molecular weight excluding hydrogens is 337 g/mol. The molecule has 0 unspecified atom stereocenters. The van der Waals surface area contributed by atoms with Crippen molar-refractivity contribution in [1.29, 1.82) is 0 Å². The molecule has 1 aromatic carbocycles. The topological polar surface area (TPSA) is 78.0 Å². The van der Waals surface area contributed by atoms with Crippen LogP contribution in [0, 0.1) is 11.6 Å². The van der Waals surface area contributed by atoms with Crippen molar-refractivity contribution in [3.63, 3.8) is 0 Å². The third-order valence-electron chi connectivity index (χ3n) is 3.20. The van der Waals surface area contributed by atoms with E-state index in [1.54, 1.807) is 0 Å². The average molecular weight is 349 g/mol. The summed E-state index contributed by atoms with van der Waals surface area (Å²) in [4.78, 5) is 11.2. The third-order valence-corrected chi connectivity index (χ3v) is 3.20. The van der Waals surface area contributed by atoms with E-state index in [-0.39, 0.29) is 24.2 Å². The highest BCUT2D eigenvalue weighted by Gasteiger charge is 2.33. The SMILES string of the molecule is O=C(O)[C@H](Cc1ccc(F)cc1F)NCc1cc(C(F)(F)F)n[nH]1. The Kier molecular flexibility index (Phi) is 5.17. The van der Waals surface area contributed by atoms with E-state index in [9.17, 15) is 26.7 Å². The van der Waals surface area contributed by atoms with E-state index >= 15 is 0 Å². The molecule has 2 aromatic rings. The summed E-state index contributed by atoms with van der Waals surface area (Å²) >= 11 is 0. The highest BCUT2D eigenvalue weighted by atomic mass is 19.4. The van der Waals surface area contributed by atoms with Gasteiger partial charge < -0.3 is 5.11 Å². The van der Waals surface area contributed by atoms with Crippen LogP contribution in [0.1, 0.15) is 17.0 Å². The van der Waals surface area contributed by atoms with Crippen LogP contribution in [0.2, 0.25) is 0 Å². The molecule has 0 aliphatic heterocycles. The Morgan fingerprint density at radius 1 is 1.29 bits per heavy atom. The fourth-order valence-electron chi connectivity index (χ4n) is 1.98. The Morgan fingerprint density at radius 3 is 2.54 bits per heavy atom. The predicted molar refractivity (Wildman–Crippen MR) is 71.9 cm³/mol. The van der Waals surface area contributed by atoms with Crippen LogP contribution >= 0.6 is 0 Å². The van der Waals surface area contributed by atoms with Crippen molar-refractivity contribution in [3.05, 3.63) is 52.9 Å². The van der Waals surface area contributed by atoms with Crippen LogP contribution in [0.3, 0.4) is 0 Å². The van der Waals surface area contributed by atoms with Gasteiger partial charge in [-0.15, -0.1) is 0 Å². The van der Waals surface area contributed by atoms with Gasteiger partial charge in [0.25, 0.3) is 0 Å². The second-order valence-corrected chi connectivity index (χ2v) is 4.99. The van der Waals surface area contributed by atoms with Crippen LogP contribution in [-0.2, 0) is 23.9 Å². The summed E-state index contributed by atoms with van der Waals surface area (Å²) in [5, 5.41) is 16.8. The van der Waals surface area contributed by atoms with Crippen molar-refractivity contribution in [1.82, 2.24) is 15.5 Å². The molecule has 0 amide bonds. The second-order valence-electron chi connectivity index (χ2n) is 4.99. The number of carboxylic acids is 1. The first-order valence-electron chi connectivity index (χ1n) is 6.68. The number of alkyl halides is 3. The van der Waals surface area contributed by atoms with E-state index in [1.807, 2.05) is 0 Å². The zero-order chi connectivity index (χ0) is 17.9. The van der Waals surface area contributed by atoms with Crippen LogP contribution in [-0.4, -0.2) is 27.3 Å². The number of rotatable bonds is 6. The third kappa shape index (κ3) is 4.51. The first-order chi connectivity index (χ1) is 11.2. The molecule has 0 saturated heterocycles. The number of halogens is 5. The zero-order valence-corrected chi connectivity index (χ0v) is 12.0. The zero-order valence-electron chi connectivity index (χ0n) is 12.0. The molecule has 0 saturated carbocycles. The van der Waals surface area contributed by atoms with Gasteiger partial charge in [0.1, 0.15) is 17.7 Å². The largest absolute Gasteiger partial charge is 0.480 e. The summed E-state index contributed by atoms with van der Waals surface area (Å²) < 4.78 is 63.7. The Morgan fingerprint density at radius 2 is 2.00 bits per heavy atom. The standard InChI is InChI=1S/C14H12F5N3O2/c15-8-2-1-7(10(16)4-8)3-11(13(23)24)20-6-9-5-12(22-21-9)14(17,18)19/h1-2,4-5,11,20H,3,6H2,(H,21,22)(H,23,24)/t11-/m0/s1. The van der Waals surface area contributed by atoms with E-state index in [4.69, 9.17) is 5.11 Å². The quantitative estimate of drug-likeness (QED) is 0.700. The fraction of sp³-hybridized carbons (Fsp3) is 0.286. The molecular formula is C14H12F5N3O2. The maximum absolute atomic E-state index is 13.6. The summed E-state index contributed by atoms with van der Waals surface area (Å²) in [5.41, 5.74) is -1.14. The van der Waals surface area contributed by atoms with Crippen molar-refractivity contribution < 1.29 is 31.9 Å². The Balaban J connectivity index is 2.04. The van der Waals surface area contributed by atoms with E-state index in [2.05, 4.69) is 15.5 Å². The number of hydrogen-bond donors (Lipinski definition) is 3. The summed E-state index contributed by atoms with van der Waals surface area (Å²) in [7, 11) is 0. The molecule has 0 fully saturated rings. The molecule has 1 aromatic heterocycles. The predicted octanol–water partition coefficient (Wildman–Crippen LogP) is 2.49. The fourth-order valence-corrected chi connectivity index (χ4v) is 1.98. The number of aromatic nitrogens is 2. The molecule has 5 nitrogen and oxygen atoms in total. The average Bonchev–Trinajstić information content (AvgIpc) is 2.94. The number of aliphatic carboxylic acids is 1. The van der Waals surface area contributed by atoms with E-state index in [0.29, 0.717) is 6.07 Å². The number of H-pyrrole nitrogens is 1. The smallest absolute Gasteiger partial charge is 0.435 e. The first kappa shape index (κ1) is 17.9. The molecule has 0 aliphatic carbocycles. The molecule has 0 aliphatic rings. The van der Waals surface area contributed by atoms with Crippen LogP contribution < -0.4 is 5.32 Å². The van der Waals surface area contributed by atoms with Crippen molar-refractivity contribution in [2.45, 2.75) is 25.2 Å². The van der Waals surface area contributed by atoms with Crippen LogP contribution in [0.5, 0.6) is 0 Å². The monoisotopic (exact) mass is 349 g/mol. The van der Waals surface area contributed by atoms with Gasteiger partial charge in [0.05, 0.1) is 0 Å². The molecule has 0 radical (unpaired) electrons. The van der Waals surface area contributed by atoms with Crippen molar-refractivity contribution >= 4 is 5.97 Å². The lowest BCUT2D eigenvalue weighted by Gasteiger charge is -2.14. The lowest BCUT2D eigenvalue weighted by Crippen LogP contribution is -2.38. The van der Waals surface area contributed by atoms with Crippen molar-refractivity contribution in [2.75, 3.05) is 0 Å². The van der Waals surface area contributed by atoms with Crippen LogP contribution in [0.4, 0.5) is 22.0 Å². The summed E-state index contributed by atoms with van der Waals surface area (Å²) in [6.45, 7) is -0.247. The number of hydrogen-bond acceptors (Lipinski definition) is 3. The number of carboxylic acid groups (broad SMARTS) is 1. The van der Waals surface area contributed by atoms with E-state index in [0.717, 1.165) is 18.2 Å². The molecule has 0 spiro atoms. The molecule has 1 heterocycles. The van der Waals surface area contributed by atoms with E-state index in [1.165, 1.54) is 0 Å². The molecule has 10 heteroatoms.